The first-order chi connectivity index (χ1) is 12.4. The third kappa shape index (κ3) is 3.54. The SMILES string of the molecule is CCc1ccc(S(=O)(=O)N(C)C(C)c2ccc(-n3cncn3)cc2)cc1. The van der Waals surface area contributed by atoms with Gasteiger partial charge in [-0.15, -0.1) is 0 Å². The van der Waals surface area contributed by atoms with Crippen molar-refractivity contribution < 1.29 is 8.42 Å². The van der Waals surface area contributed by atoms with Gasteiger partial charge in [-0.25, -0.2) is 18.1 Å². The summed E-state index contributed by atoms with van der Waals surface area (Å²) in [7, 11) is -1.95. The Balaban J connectivity index is 1.82. The summed E-state index contributed by atoms with van der Waals surface area (Å²) in [5.41, 5.74) is 2.90. The van der Waals surface area contributed by atoms with Crippen LogP contribution in [0.4, 0.5) is 0 Å². The minimum Gasteiger partial charge on any atom is -0.223 e. The third-order valence-electron chi connectivity index (χ3n) is 4.61. The Morgan fingerprint density at radius 1 is 1.08 bits per heavy atom. The Labute approximate surface area is 154 Å². The second kappa shape index (κ2) is 7.39. The number of hydrogen-bond donors (Lipinski definition) is 0. The molecule has 1 unspecified atom stereocenters. The van der Waals surface area contributed by atoms with Crippen LogP contribution in [0.15, 0.2) is 66.1 Å². The summed E-state index contributed by atoms with van der Waals surface area (Å²) >= 11 is 0. The summed E-state index contributed by atoms with van der Waals surface area (Å²) in [6.45, 7) is 3.92. The van der Waals surface area contributed by atoms with Crippen molar-refractivity contribution in [3.05, 3.63) is 72.3 Å². The van der Waals surface area contributed by atoms with Crippen molar-refractivity contribution in [1.82, 2.24) is 19.1 Å². The van der Waals surface area contributed by atoms with Crippen molar-refractivity contribution in [2.45, 2.75) is 31.2 Å². The molecule has 0 amide bonds. The van der Waals surface area contributed by atoms with Gasteiger partial charge in [-0.05, 0) is 48.7 Å². The van der Waals surface area contributed by atoms with Crippen molar-refractivity contribution in [1.29, 1.82) is 0 Å². The lowest BCUT2D eigenvalue weighted by Crippen LogP contribution is -2.29. The van der Waals surface area contributed by atoms with Crippen LogP contribution in [-0.2, 0) is 16.4 Å². The second-order valence-corrected chi connectivity index (χ2v) is 8.12. The number of nitrogens with zero attached hydrogens (tertiary/aromatic N) is 4. The van der Waals surface area contributed by atoms with Crippen molar-refractivity contribution in [3.63, 3.8) is 0 Å². The van der Waals surface area contributed by atoms with E-state index < -0.39 is 10.0 Å². The van der Waals surface area contributed by atoms with Crippen LogP contribution < -0.4 is 0 Å². The molecule has 0 saturated heterocycles. The first-order valence-electron chi connectivity index (χ1n) is 8.45. The van der Waals surface area contributed by atoms with Gasteiger partial charge < -0.3 is 0 Å². The Morgan fingerprint density at radius 3 is 2.27 bits per heavy atom. The largest absolute Gasteiger partial charge is 0.243 e. The number of sulfonamides is 1. The van der Waals surface area contributed by atoms with Gasteiger partial charge >= 0.3 is 0 Å². The molecule has 0 bridgehead atoms. The smallest absolute Gasteiger partial charge is 0.223 e. The average molecular weight is 370 g/mol. The van der Waals surface area contributed by atoms with E-state index in [9.17, 15) is 8.42 Å². The molecule has 0 N–H and O–H groups in total. The summed E-state index contributed by atoms with van der Waals surface area (Å²) in [5.74, 6) is 0. The van der Waals surface area contributed by atoms with Crippen LogP contribution in [0.2, 0.25) is 0 Å². The van der Waals surface area contributed by atoms with Crippen molar-refractivity contribution in [2.24, 2.45) is 0 Å². The summed E-state index contributed by atoms with van der Waals surface area (Å²) in [6.07, 6.45) is 3.97. The molecule has 1 aromatic heterocycles. The molecule has 1 atom stereocenters. The van der Waals surface area contributed by atoms with Crippen molar-refractivity contribution >= 4 is 10.0 Å². The first kappa shape index (κ1) is 18.3. The van der Waals surface area contributed by atoms with Crippen LogP contribution in [-0.4, -0.2) is 34.5 Å². The molecule has 0 aliphatic carbocycles. The van der Waals surface area contributed by atoms with E-state index in [-0.39, 0.29) is 6.04 Å². The fourth-order valence-corrected chi connectivity index (χ4v) is 4.08. The summed E-state index contributed by atoms with van der Waals surface area (Å²) in [5, 5.41) is 4.09. The van der Waals surface area contributed by atoms with Crippen LogP contribution >= 0.6 is 0 Å². The minimum atomic E-state index is -3.56. The molecule has 0 radical (unpaired) electrons. The molecule has 136 valence electrons. The van der Waals surface area contributed by atoms with Gasteiger partial charge in [0.15, 0.2) is 0 Å². The molecule has 1 heterocycles. The van der Waals surface area contributed by atoms with Gasteiger partial charge in [-0.3, -0.25) is 0 Å². The maximum absolute atomic E-state index is 12.9. The highest BCUT2D eigenvalue weighted by Crippen LogP contribution is 2.26. The van der Waals surface area contributed by atoms with Crippen LogP contribution in [0, 0.1) is 0 Å². The molecule has 0 fully saturated rings. The van der Waals surface area contributed by atoms with Crippen LogP contribution in [0.1, 0.15) is 31.0 Å². The van der Waals surface area contributed by atoms with Gasteiger partial charge in [0.05, 0.1) is 10.6 Å². The fourth-order valence-electron chi connectivity index (χ4n) is 2.73. The molecule has 7 heteroatoms. The zero-order valence-corrected chi connectivity index (χ0v) is 15.9. The number of rotatable bonds is 6. The lowest BCUT2D eigenvalue weighted by atomic mass is 10.1. The Bertz CT molecular complexity index is 950. The van der Waals surface area contributed by atoms with E-state index in [1.807, 2.05) is 50.2 Å². The fraction of sp³-hybridized carbons (Fsp3) is 0.263. The zero-order valence-electron chi connectivity index (χ0n) is 15.1. The van der Waals surface area contributed by atoms with Crippen LogP contribution in [0.5, 0.6) is 0 Å². The molecule has 3 rings (SSSR count). The molecule has 0 spiro atoms. The molecule has 2 aromatic carbocycles. The van der Waals surface area contributed by atoms with Gasteiger partial charge in [0.25, 0.3) is 0 Å². The van der Waals surface area contributed by atoms with E-state index in [0.29, 0.717) is 4.90 Å². The normalized spacial score (nSPS) is 13.1. The van der Waals surface area contributed by atoms with E-state index in [2.05, 4.69) is 10.1 Å². The van der Waals surface area contributed by atoms with E-state index in [0.717, 1.165) is 23.2 Å². The molecule has 0 saturated carbocycles. The van der Waals surface area contributed by atoms with Gasteiger partial charge in [0.1, 0.15) is 12.7 Å². The van der Waals surface area contributed by atoms with Gasteiger partial charge in [-0.1, -0.05) is 31.2 Å². The Kier molecular flexibility index (Phi) is 5.20. The molecule has 3 aromatic rings. The summed E-state index contributed by atoms with van der Waals surface area (Å²) in [6, 6.07) is 14.4. The summed E-state index contributed by atoms with van der Waals surface area (Å²) in [4.78, 5) is 4.24. The predicted molar refractivity (Wildman–Crippen MR) is 101 cm³/mol. The topological polar surface area (TPSA) is 68.1 Å². The second-order valence-electron chi connectivity index (χ2n) is 6.13. The van der Waals surface area contributed by atoms with Gasteiger partial charge in [-0.2, -0.15) is 9.40 Å². The number of aromatic nitrogens is 3. The van der Waals surface area contributed by atoms with E-state index in [1.165, 1.54) is 10.6 Å². The van der Waals surface area contributed by atoms with E-state index in [4.69, 9.17) is 0 Å². The first-order valence-corrected chi connectivity index (χ1v) is 9.89. The molecular weight excluding hydrogens is 348 g/mol. The number of aryl methyl sites for hydroxylation is 1. The Morgan fingerprint density at radius 2 is 1.73 bits per heavy atom. The monoisotopic (exact) mass is 370 g/mol. The zero-order chi connectivity index (χ0) is 18.7. The van der Waals surface area contributed by atoms with Crippen molar-refractivity contribution in [3.8, 4) is 5.69 Å². The minimum absolute atomic E-state index is 0.296. The third-order valence-corrected chi connectivity index (χ3v) is 6.56. The van der Waals surface area contributed by atoms with Gasteiger partial charge in [0, 0.05) is 13.1 Å². The lowest BCUT2D eigenvalue weighted by molar-refractivity contribution is 0.398. The van der Waals surface area contributed by atoms with Crippen molar-refractivity contribution in [2.75, 3.05) is 7.05 Å². The maximum Gasteiger partial charge on any atom is 0.243 e. The maximum atomic E-state index is 12.9. The van der Waals surface area contributed by atoms with E-state index >= 15 is 0 Å². The molecule has 26 heavy (non-hydrogen) atoms. The van der Waals surface area contributed by atoms with Crippen LogP contribution in [0.25, 0.3) is 5.69 Å². The van der Waals surface area contributed by atoms with Gasteiger partial charge in [0.2, 0.25) is 10.0 Å². The molecule has 0 aliphatic heterocycles. The summed E-state index contributed by atoms with van der Waals surface area (Å²) < 4.78 is 28.9. The molecular formula is C19H22N4O2S. The number of benzene rings is 2. The molecule has 0 aliphatic rings. The Hall–Kier alpha value is -2.51. The highest BCUT2D eigenvalue weighted by Gasteiger charge is 2.26. The molecule has 6 nitrogen and oxygen atoms in total. The highest BCUT2D eigenvalue weighted by molar-refractivity contribution is 7.89. The highest BCUT2D eigenvalue weighted by atomic mass is 32.2. The standard InChI is InChI=1S/C19H22N4O2S/c1-4-16-5-11-19(12-6-16)26(24,25)22(3)15(2)17-7-9-18(10-8-17)23-14-20-13-21-23/h5-15H,4H2,1-3H3. The average Bonchev–Trinajstić information content (AvgIpc) is 3.21. The van der Waals surface area contributed by atoms with Crippen LogP contribution in [0.3, 0.4) is 0 Å². The van der Waals surface area contributed by atoms with E-state index in [1.54, 1.807) is 30.2 Å². The lowest BCUT2D eigenvalue weighted by Gasteiger charge is -2.25. The quantitative estimate of drug-likeness (QED) is 0.668. The predicted octanol–water partition coefficient (Wildman–Crippen LogP) is 3.21. The number of hydrogen-bond acceptors (Lipinski definition) is 4.